The quantitative estimate of drug-likeness (QED) is 0.403. The molecule has 0 saturated carbocycles. The number of guanidine groups is 1. The van der Waals surface area contributed by atoms with Crippen molar-refractivity contribution in [2.75, 3.05) is 26.7 Å². The van der Waals surface area contributed by atoms with E-state index < -0.39 is 0 Å². The summed E-state index contributed by atoms with van der Waals surface area (Å²) in [7, 11) is 1.68. The van der Waals surface area contributed by atoms with Gasteiger partial charge in [-0.3, -0.25) is 4.99 Å². The predicted molar refractivity (Wildman–Crippen MR) is 101 cm³/mol. The van der Waals surface area contributed by atoms with Gasteiger partial charge in [-0.05, 0) is 44.9 Å². The predicted octanol–water partition coefficient (Wildman–Crippen LogP) is 2.97. The Labute approximate surface area is 149 Å². The third-order valence-corrected chi connectivity index (χ3v) is 3.13. The van der Waals surface area contributed by atoms with Gasteiger partial charge in [0.25, 0.3) is 0 Å². The minimum Gasteiger partial charge on any atom is -0.377 e. The Hall–Kier alpha value is -0.890. The van der Waals surface area contributed by atoms with Crippen LogP contribution in [0.4, 0.5) is 4.39 Å². The Morgan fingerprint density at radius 3 is 2.41 bits per heavy atom. The van der Waals surface area contributed by atoms with Crippen molar-refractivity contribution in [3.8, 4) is 0 Å². The molecule has 6 heteroatoms. The maximum Gasteiger partial charge on any atom is 0.191 e. The van der Waals surface area contributed by atoms with Crippen LogP contribution in [0.3, 0.4) is 0 Å². The summed E-state index contributed by atoms with van der Waals surface area (Å²) in [6.07, 6.45) is 0.818. The zero-order chi connectivity index (χ0) is 15.7. The van der Waals surface area contributed by atoms with E-state index in [1.54, 1.807) is 19.2 Å². The van der Waals surface area contributed by atoms with Crippen LogP contribution in [0.2, 0.25) is 0 Å². The van der Waals surface area contributed by atoms with E-state index in [0.717, 1.165) is 31.0 Å². The van der Waals surface area contributed by atoms with Crippen LogP contribution in [-0.4, -0.2) is 38.3 Å². The molecule has 0 unspecified atom stereocenters. The van der Waals surface area contributed by atoms with Crippen molar-refractivity contribution in [2.24, 2.45) is 4.99 Å². The number of rotatable bonds is 7. The third-order valence-electron chi connectivity index (χ3n) is 3.13. The van der Waals surface area contributed by atoms with Crippen LogP contribution in [0, 0.1) is 5.82 Å². The molecule has 0 spiro atoms. The van der Waals surface area contributed by atoms with Gasteiger partial charge in [0.15, 0.2) is 5.96 Å². The summed E-state index contributed by atoms with van der Waals surface area (Å²) in [6, 6.07) is 6.57. The molecule has 22 heavy (non-hydrogen) atoms. The van der Waals surface area contributed by atoms with Gasteiger partial charge in [-0.15, -0.1) is 24.0 Å². The Balaban J connectivity index is 0.00000441. The maximum atomic E-state index is 12.8. The van der Waals surface area contributed by atoms with Crippen LogP contribution in [-0.2, 0) is 11.2 Å². The van der Waals surface area contributed by atoms with Crippen molar-refractivity contribution in [1.29, 1.82) is 0 Å². The third kappa shape index (κ3) is 8.53. The minimum absolute atomic E-state index is 0. The second-order valence-electron chi connectivity index (χ2n) is 5.46. The van der Waals surface area contributed by atoms with Gasteiger partial charge < -0.3 is 15.4 Å². The zero-order valence-electron chi connectivity index (χ0n) is 13.8. The first-order valence-electron chi connectivity index (χ1n) is 7.28. The van der Waals surface area contributed by atoms with Crippen molar-refractivity contribution in [3.63, 3.8) is 0 Å². The molecule has 0 radical (unpaired) electrons. The molecule has 1 aromatic carbocycles. The highest BCUT2D eigenvalue weighted by Gasteiger charge is 2.15. The van der Waals surface area contributed by atoms with Gasteiger partial charge in [0.1, 0.15) is 5.82 Å². The largest absolute Gasteiger partial charge is 0.377 e. The molecule has 0 atom stereocenters. The smallest absolute Gasteiger partial charge is 0.191 e. The normalized spacial score (nSPS) is 11.8. The number of nitrogens with one attached hydrogen (secondary N) is 2. The van der Waals surface area contributed by atoms with Gasteiger partial charge in [0.05, 0.1) is 12.1 Å². The fourth-order valence-corrected chi connectivity index (χ4v) is 1.65. The highest BCUT2D eigenvalue weighted by atomic mass is 127. The highest BCUT2D eigenvalue weighted by Crippen LogP contribution is 2.07. The molecule has 0 aliphatic heterocycles. The van der Waals surface area contributed by atoms with E-state index in [0.29, 0.717) is 6.54 Å². The average Bonchev–Trinajstić information content (AvgIpc) is 2.47. The first-order valence-corrected chi connectivity index (χ1v) is 7.28. The Kier molecular flexibility index (Phi) is 10.3. The lowest BCUT2D eigenvalue weighted by Crippen LogP contribution is -2.40. The second-order valence-corrected chi connectivity index (χ2v) is 5.46. The van der Waals surface area contributed by atoms with Crippen LogP contribution >= 0.6 is 24.0 Å². The summed E-state index contributed by atoms with van der Waals surface area (Å²) in [5, 5.41) is 6.47. The summed E-state index contributed by atoms with van der Waals surface area (Å²) in [5.41, 5.74) is 0.816. The molecule has 1 rings (SSSR count). The Morgan fingerprint density at radius 2 is 1.86 bits per heavy atom. The van der Waals surface area contributed by atoms with Crippen molar-refractivity contribution in [2.45, 2.75) is 32.8 Å². The van der Waals surface area contributed by atoms with E-state index in [1.807, 2.05) is 20.8 Å². The number of halogens is 2. The monoisotopic (exact) mass is 423 g/mol. The number of nitrogens with zero attached hydrogens (tertiary/aromatic N) is 1. The average molecular weight is 423 g/mol. The Morgan fingerprint density at radius 1 is 1.23 bits per heavy atom. The van der Waals surface area contributed by atoms with Crippen LogP contribution in [0.25, 0.3) is 0 Å². The lowest BCUT2D eigenvalue weighted by atomic mass is 10.1. The summed E-state index contributed by atoms with van der Waals surface area (Å²) in [5.74, 6) is 0.563. The summed E-state index contributed by atoms with van der Waals surface area (Å²) in [6.45, 7) is 8.14. The van der Waals surface area contributed by atoms with Crippen molar-refractivity contribution in [1.82, 2.24) is 10.6 Å². The molecule has 1 aromatic rings. The Bertz CT molecular complexity index is 449. The van der Waals surface area contributed by atoms with Crippen LogP contribution in [0.5, 0.6) is 0 Å². The van der Waals surface area contributed by atoms with Crippen molar-refractivity contribution < 1.29 is 9.13 Å². The molecule has 2 N–H and O–H groups in total. The van der Waals surface area contributed by atoms with Crippen LogP contribution in [0.1, 0.15) is 26.3 Å². The van der Waals surface area contributed by atoms with Gasteiger partial charge >= 0.3 is 0 Å². The molecule has 126 valence electrons. The number of methoxy groups -OCH3 is 1. The number of ether oxygens (including phenoxy) is 1. The molecular weight excluding hydrogens is 396 g/mol. The highest BCUT2D eigenvalue weighted by molar-refractivity contribution is 14.0. The summed E-state index contributed by atoms with van der Waals surface area (Å²) in [4.78, 5) is 4.51. The fraction of sp³-hybridized carbons (Fsp3) is 0.562. The lowest BCUT2D eigenvalue weighted by Gasteiger charge is -2.21. The van der Waals surface area contributed by atoms with Crippen LogP contribution in [0.15, 0.2) is 29.3 Å². The van der Waals surface area contributed by atoms with Gasteiger partial charge in [-0.25, -0.2) is 4.39 Å². The second kappa shape index (κ2) is 10.8. The van der Waals surface area contributed by atoms with Crippen LogP contribution < -0.4 is 10.6 Å². The number of hydrogen-bond donors (Lipinski definition) is 2. The number of benzene rings is 1. The van der Waals surface area contributed by atoms with E-state index in [4.69, 9.17) is 4.74 Å². The van der Waals surface area contributed by atoms with E-state index in [-0.39, 0.29) is 35.4 Å². The van der Waals surface area contributed by atoms with E-state index in [1.165, 1.54) is 12.1 Å². The minimum atomic E-state index is -0.278. The summed E-state index contributed by atoms with van der Waals surface area (Å²) < 4.78 is 18.2. The molecule has 0 aromatic heterocycles. The first kappa shape index (κ1) is 21.1. The number of hydrogen-bond acceptors (Lipinski definition) is 2. The molecule has 0 bridgehead atoms. The first-order chi connectivity index (χ1) is 9.96. The molecule has 0 fully saturated rings. The molecule has 0 amide bonds. The molecule has 4 nitrogen and oxygen atoms in total. The topological polar surface area (TPSA) is 45.7 Å². The van der Waals surface area contributed by atoms with E-state index in [9.17, 15) is 4.39 Å². The molecule has 0 heterocycles. The molecule has 0 aliphatic rings. The van der Waals surface area contributed by atoms with Gasteiger partial charge in [0, 0.05) is 20.2 Å². The number of aliphatic imine (C=N–C) groups is 1. The SMILES string of the molecule is CCNC(=NCC(C)(C)OC)NCCc1ccc(F)cc1.I. The van der Waals surface area contributed by atoms with E-state index >= 15 is 0 Å². The van der Waals surface area contributed by atoms with Gasteiger partial charge in [-0.2, -0.15) is 0 Å². The van der Waals surface area contributed by atoms with Crippen molar-refractivity contribution in [3.05, 3.63) is 35.6 Å². The van der Waals surface area contributed by atoms with E-state index in [2.05, 4.69) is 15.6 Å². The lowest BCUT2D eigenvalue weighted by molar-refractivity contribution is 0.0310. The maximum absolute atomic E-state index is 12.8. The summed E-state index contributed by atoms with van der Waals surface area (Å²) >= 11 is 0. The van der Waals surface area contributed by atoms with Crippen molar-refractivity contribution >= 4 is 29.9 Å². The molecule has 0 aliphatic carbocycles. The zero-order valence-corrected chi connectivity index (χ0v) is 16.1. The standard InChI is InChI=1S/C16H26FN3O.HI/c1-5-18-15(20-12-16(2,3)21-4)19-11-10-13-6-8-14(17)9-7-13;/h6-9H,5,10-12H2,1-4H3,(H2,18,19,20);1H. The molecular formula is C16H27FIN3O. The van der Waals surface area contributed by atoms with Gasteiger partial charge in [0.2, 0.25) is 0 Å². The fourth-order valence-electron chi connectivity index (χ4n) is 1.65. The molecule has 0 saturated heterocycles. The van der Waals surface area contributed by atoms with Gasteiger partial charge in [-0.1, -0.05) is 12.1 Å².